The first-order valence-corrected chi connectivity index (χ1v) is 7.10. The number of nitrogens with one attached hydrogen (secondary N) is 1. The molecule has 22 heavy (non-hydrogen) atoms. The second-order valence-electron chi connectivity index (χ2n) is 5.04. The van der Waals surface area contributed by atoms with E-state index in [4.69, 9.17) is 9.47 Å². The molecule has 1 aliphatic heterocycles. The van der Waals surface area contributed by atoms with Crippen molar-refractivity contribution in [3.8, 4) is 11.5 Å². The Hall–Kier alpha value is -2.75. The van der Waals surface area contributed by atoms with E-state index in [0.717, 1.165) is 22.6 Å². The fourth-order valence-corrected chi connectivity index (χ4v) is 2.30. The molecule has 2 aromatic rings. The molecule has 4 heteroatoms. The van der Waals surface area contributed by atoms with E-state index in [9.17, 15) is 4.79 Å². The monoisotopic (exact) mass is 295 g/mol. The van der Waals surface area contributed by atoms with Gasteiger partial charge in [-0.3, -0.25) is 4.79 Å². The first-order chi connectivity index (χ1) is 10.8. The summed E-state index contributed by atoms with van der Waals surface area (Å²) in [5.41, 5.74) is 2.70. The Labute approximate surface area is 129 Å². The van der Waals surface area contributed by atoms with E-state index in [1.807, 2.05) is 24.3 Å². The number of para-hydroxylation sites is 1. The molecule has 1 heterocycles. The van der Waals surface area contributed by atoms with Crippen LogP contribution in [-0.4, -0.2) is 26.2 Å². The number of carbonyl (C=O) groups excluding carboxylic acids is 1. The molecule has 0 saturated carbocycles. The average molecular weight is 295 g/mol. The Morgan fingerprint density at radius 2 is 1.95 bits per heavy atom. The van der Waals surface area contributed by atoms with Gasteiger partial charge in [0.1, 0.15) is 18.1 Å². The van der Waals surface area contributed by atoms with E-state index in [1.54, 1.807) is 31.4 Å². The molecule has 1 amide bonds. The minimum atomic E-state index is -0.109. The Balaban J connectivity index is 1.63. The average Bonchev–Trinajstić information content (AvgIpc) is 2.59. The molecule has 3 rings (SSSR count). The van der Waals surface area contributed by atoms with Crippen molar-refractivity contribution >= 4 is 12.0 Å². The summed E-state index contributed by atoms with van der Waals surface area (Å²) < 4.78 is 10.7. The van der Waals surface area contributed by atoms with Crippen LogP contribution in [-0.2, 0) is 0 Å². The second kappa shape index (κ2) is 6.35. The highest BCUT2D eigenvalue weighted by Crippen LogP contribution is 2.25. The first kappa shape index (κ1) is 14.2. The van der Waals surface area contributed by atoms with Crippen LogP contribution in [0.4, 0.5) is 0 Å². The third-order valence-electron chi connectivity index (χ3n) is 3.52. The quantitative estimate of drug-likeness (QED) is 0.943. The summed E-state index contributed by atoms with van der Waals surface area (Å²) in [6.45, 7) is 0.971. The lowest BCUT2D eigenvalue weighted by atomic mass is 10.1. The zero-order valence-electron chi connectivity index (χ0n) is 12.3. The van der Waals surface area contributed by atoms with Gasteiger partial charge in [0.25, 0.3) is 5.91 Å². The van der Waals surface area contributed by atoms with Gasteiger partial charge in [0.2, 0.25) is 0 Å². The Bertz CT molecular complexity index is 705. The number of rotatable bonds is 4. The number of ether oxygens (including phenoxy) is 2. The van der Waals surface area contributed by atoms with Crippen LogP contribution in [0.2, 0.25) is 0 Å². The number of fused-ring (bicyclic) bond motifs is 1. The maximum Gasteiger partial charge on any atom is 0.251 e. The van der Waals surface area contributed by atoms with Gasteiger partial charge in [0.05, 0.1) is 7.11 Å². The summed E-state index contributed by atoms with van der Waals surface area (Å²) in [5, 5.41) is 2.91. The Morgan fingerprint density at radius 3 is 2.73 bits per heavy atom. The molecule has 0 aliphatic carbocycles. The number of hydrogen-bond donors (Lipinski definition) is 1. The van der Waals surface area contributed by atoms with E-state index in [0.29, 0.717) is 18.7 Å². The molecule has 0 spiro atoms. The highest BCUT2D eigenvalue weighted by Gasteiger charge is 2.12. The number of amides is 1. The highest BCUT2D eigenvalue weighted by atomic mass is 16.5. The third-order valence-corrected chi connectivity index (χ3v) is 3.52. The van der Waals surface area contributed by atoms with Gasteiger partial charge in [-0.15, -0.1) is 0 Å². The Morgan fingerprint density at radius 1 is 1.18 bits per heavy atom. The van der Waals surface area contributed by atoms with Crippen molar-refractivity contribution in [2.24, 2.45) is 0 Å². The van der Waals surface area contributed by atoms with E-state index in [-0.39, 0.29) is 5.91 Å². The topological polar surface area (TPSA) is 47.6 Å². The van der Waals surface area contributed by atoms with Crippen LogP contribution in [0, 0.1) is 0 Å². The molecule has 0 aromatic heterocycles. The molecule has 0 saturated heterocycles. The van der Waals surface area contributed by atoms with Gasteiger partial charge >= 0.3 is 0 Å². The van der Waals surface area contributed by atoms with Crippen LogP contribution in [0.25, 0.3) is 6.08 Å². The molecule has 0 fully saturated rings. The smallest absolute Gasteiger partial charge is 0.251 e. The van der Waals surface area contributed by atoms with Crippen molar-refractivity contribution in [3.05, 3.63) is 65.2 Å². The molecule has 0 unspecified atom stereocenters. The molecule has 0 bridgehead atoms. The van der Waals surface area contributed by atoms with Crippen molar-refractivity contribution in [2.45, 2.75) is 0 Å². The molecule has 4 nitrogen and oxygen atoms in total. The van der Waals surface area contributed by atoms with Gasteiger partial charge < -0.3 is 14.8 Å². The summed E-state index contributed by atoms with van der Waals surface area (Å²) >= 11 is 0. The van der Waals surface area contributed by atoms with E-state index < -0.39 is 0 Å². The minimum Gasteiger partial charge on any atom is -0.497 e. The van der Waals surface area contributed by atoms with Gasteiger partial charge in [0, 0.05) is 17.7 Å². The van der Waals surface area contributed by atoms with Gasteiger partial charge in [0.15, 0.2) is 0 Å². The highest BCUT2D eigenvalue weighted by molar-refractivity contribution is 5.94. The van der Waals surface area contributed by atoms with Crippen LogP contribution >= 0.6 is 0 Å². The van der Waals surface area contributed by atoms with E-state index >= 15 is 0 Å². The first-order valence-electron chi connectivity index (χ1n) is 7.10. The summed E-state index contributed by atoms with van der Waals surface area (Å²) in [6, 6.07) is 14.9. The molecule has 112 valence electrons. The number of hydrogen-bond acceptors (Lipinski definition) is 3. The molecule has 0 atom stereocenters. The molecule has 2 aromatic carbocycles. The van der Waals surface area contributed by atoms with E-state index in [2.05, 4.69) is 11.4 Å². The molecular weight excluding hydrogens is 278 g/mol. The molecule has 0 radical (unpaired) electrons. The largest absolute Gasteiger partial charge is 0.497 e. The lowest BCUT2D eigenvalue weighted by molar-refractivity contribution is 0.0956. The van der Waals surface area contributed by atoms with Gasteiger partial charge in [-0.05, 0) is 42.0 Å². The third kappa shape index (κ3) is 3.11. The summed E-state index contributed by atoms with van der Waals surface area (Å²) in [6.07, 6.45) is 2.06. The normalized spacial score (nSPS) is 12.7. The summed E-state index contributed by atoms with van der Waals surface area (Å²) in [7, 11) is 1.60. The van der Waals surface area contributed by atoms with Crippen molar-refractivity contribution in [1.29, 1.82) is 0 Å². The number of carbonyl (C=O) groups is 1. The van der Waals surface area contributed by atoms with E-state index in [1.165, 1.54) is 0 Å². The fraction of sp³-hybridized carbons (Fsp3) is 0.167. The number of methoxy groups -OCH3 is 1. The lowest BCUT2D eigenvalue weighted by Crippen LogP contribution is -2.27. The van der Waals surface area contributed by atoms with Crippen LogP contribution in [0.5, 0.6) is 11.5 Å². The minimum absolute atomic E-state index is 0.109. The van der Waals surface area contributed by atoms with Crippen LogP contribution in [0.3, 0.4) is 0 Å². The van der Waals surface area contributed by atoms with Crippen LogP contribution in [0.1, 0.15) is 15.9 Å². The van der Waals surface area contributed by atoms with Gasteiger partial charge in [-0.2, -0.15) is 0 Å². The standard InChI is InChI=1S/C18H17NO3/c1-21-16-8-6-14(7-9-16)18(20)19-11-13-10-15-4-2-3-5-17(15)22-12-13/h2-10H,11-12H2,1H3,(H,19,20). The molecule has 1 aliphatic rings. The van der Waals surface area contributed by atoms with Gasteiger partial charge in [-0.1, -0.05) is 18.2 Å². The van der Waals surface area contributed by atoms with Crippen molar-refractivity contribution in [2.75, 3.05) is 20.3 Å². The zero-order chi connectivity index (χ0) is 15.4. The van der Waals surface area contributed by atoms with Crippen molar-refractivity contribution in [3.63, 3.8) is 0 Å². The van der Waals surface area contributed by atoms with Crippen LogP contribution < -0.4 is 14.8 Å². The lowest BCUT2D eigenvalue weighted by Gasteiger charge is -2.18. The number of benzene rings is 2. The SMILES string of the molecule is COc1ccc(C(=O)NCC2=Cc3ccccc3OC2)cc1. The fourth-order valence-electron chi connectivity index (χ4n) is 2.30. The predicted molar refractivity (Wildman–Crippen MR) is 85.2 cm³/mol. The summed E-state index contributed by atoms with van der Waals surface area (Å²) in [5.74, 6) is 1.51. The van der Waals surface area contributed by atoms with Crippen molar-refractivity contribution < 1.29 is 14.3 Å². The molecular formula is C18H17NO3. The molecule has 1 N–H and O–H groups in total. The van der Waals surface area contributed by atoms with Gasteiger partial charge in [-0.25, -0.2) is 0 Å². The second-order valence-corrected chi connectivity index (χ2v) is 5.04. The maximum absolute atomic E-state index is 12.1. The summed E-state index contributed by atoms with van der Waals surface area (Å²) in [4.78, 5) is 12.1. The van der Waals surface area contributed by atoms with Crippen molar-refractivity contribution in [1.82, 2.24) is 5.32 Å². The van der Waals surface area contributed by atoms with Crippen LogP contribution in [0.15, 0.2) is 54.1 Å². The Kier molecular flexibility index (Phi) is 4.10. The zero-order valence-corrected chi connectivity index (χ0v) is 12.3. The predicted octanol–water partition coefficient (Wildman–Crippen LogP) is 2.90. The maximum atomic E-state index is 12.1.